The summed E-state index contributed by atoms with van der Waals surface area (Å²) >= 11 is 1.35. The Labute approximate surface area is 161 Å². The molecule has 0 bridgehead atoms. The molecular weight excluding hydrogens is 356 g/mol. The second kappa shape index (κ2) is 7.40. The van der Waals surface area contributed by atoms with Crippen LogP contribution in [0.1, 0.15) is 13.8 Å². The molecule has 4 rings (SSSR count). The number of aromatic nitrogens is 3. The summed E-state index contributed by atoms with van der Waals surface area (Å²) in [6.07, 6.45) is 3.36. The molecular formula is C21H20N4OS. The largest absolute Gasteiger partial charge is 0.341 e. The molecule has 0 unspecified atom stereocenters. The molecule has 0 spiro atoms. The number of rotatable bonds is 5. The topological polar surface area (TPSA) is 59.8 Å². The van der Waals surface area contributed by atoms with E-state index in [1.165, 1.54) is 28.2 Å². The van der Waals surface area contributed by atoms with Gasteiger partial charge in [-0.25, -0.2) is 9.97 Å². The lowest BCUT2D eigenvalue weighted by Gasteiger charge is -2.11. The molecule has 0 fully saturated rings. The van der Waals surface area contributed by atoms with Crippen LogP contribution in [0.15, 0.2) is 66.1 Å². The molecule has 2 aromatic heterocycles. The normalized spacial score (nSPS) is 12.4. The van der Waals surface area contributed by atoms with Gasteiger partial charge in [0.2, 0.25) is 5.91 Å². The highest BCUT2D eigenvalue weighted by atomic mass is 32.2. The predicted octanol–water partition coefficient (Wildman–Crippen LogP) is 4.72. The number of para-hydroxylation sites is 1. The molecule has 0 aliphatic carbocycles. The van der Waals surface area contributed by atoms with Gasteiger partial charge in [0.1, 0.15) is 0 Å². The minimum absolute atomic E-state index is 0.0639. The molecule has 0 aliphatic rings. The minimum atomic E-state index is -0.292. The van der Waals surface area contributed by atoms with E-state index in [4.69, 9.17) is 0 Å². The molecule has 2 heterocycles. The minimum Gasteiger partial charge on any atom is -0.341 e. The van der Waals surface area contributed by atoms with E-state index >= 15 is 0 Å². The fourth-order valence-corrected chi connectivity index (χ4v) is 4.00. The molecule has 5 nitrogen and oxygen atoms in total. The van der Waals surface area contributed by atoms with Crippen LogP contribution in [0.5, 0.6) is 0 Å². The summed E-state index contributed by atoms with van der Waals surface area (Å²) in [5, 5.41) is 5.68. The van der Waals surface area contributed by atoms with Gasteiger partial charge in [0.05, 0.1) is 5.25 Å². The van der Waals surface area contributed by atoms with Crippen LogP contribution in [-0.4, -0.2) is 25.7 Å². The number of hydrogen-bond donors (Lipinski definition) is 1. The lowest BCUT2D eigenvalue weighted by atomic mass is 10.1. The monoisotopic (exact) mass is 376 g/mol. The lowest BCUT2D eigenvalue weighted by molar-refractivity contribution is -0.115. The van der Waals surface area contributed by atoms with E-state index in [1.54, 1.807) is 18.5 Å². The molecule has 0 saturated carbocycles. The number of benzene rings is 2. The Morgan fingerprint density at radius 1 is 1.07 bits per heavy atom. The van der Waals surface area contributed by atoms with Crippen LogP contribution in [0.2, 0.25) is 0 Å². The number of amides is 1. The molecule has 0 radical (unpaired) electrons. The zero-order chi connectivity index (χ0) is 18.8. The molecule has 136 valence electrons. The number of aryl methyl sites for hydroxylation is 1. The van der Waals surface area contributed by atoms with Crippen LogP contribution in [0.4, 0.5) is 5.69 Å². The van der Waals surface area contributed by atoms with Crippen molar-refractivity contribution in [2.45, 2.75) is 30.8 Å². The van der Waals surface area contributed by atoms with Crippen molar-refractivity contribution in [2.75, 3.05) is 5.32 Å². The first kappa shape index (κ1) is 17.5. The molecule has 27 heavy (non-hydrogen) atoms. The summed E-state index contributed by atoms with van der Waals surface area (Å²) in [4.78, 5) is 20.9. The van der Waals surface area contributed by atoms with E-state index in [0.717, 1.165) is 17.6 Å². The first-order chi connectivity index (χ1) is 13.2. The van der Waals surface area contributed by atoms with Gasteiger partial charge in [-0.1, -0.05) is 30.0 Å². The van der Waals surface area contributed by atoms with E-state index in [9.17, 15) is 4.79 Å². The van der Waals surface area contributed by atoms with E-state index < -0.39 is 0 Å². The van der Waals surface area contributed by atoms with E-state index in [-0.39, 0.29) is 11.2 Å². The van der Waals surface area contributed by atoms with Crippen LogP contribution in [0.3, 0.4) is 0 Å². The Hall–Kier alpha value is -2.86. The number of fused-ring (bicyclic) bond motifs is 3. The van der Waals surface area contributed by atoms with Gasteiger partial charge >= 0.3 is 0 Å². The summed E-state index contributed by atoms with van der Waals surface area (Å²) in [6.45, 7) is 4.91. The molecule has 0 aliphatic heterocycles. The summed E-state index contributed by atoms with van der Waals surface area (Å²) < 4.78 is 2.29. The first-order valence-corrected chi connectivity index (χ1v) is 9.81. The second-order valence-corrected chi connectivity index (χ2v) is 7.58. The van der Waals surface area contributed by atoms with Crippen LogP contribution in [-0.2, 0) is 11.3 Å². The van der Waals surface area contributed by atoms with Crippen molar-refractivity contribution in [1.82, 2.24) is 14.5 Å². The van der Waals surface area contributed by atoms with Gasteiger partial charge in [0.25, 0.3) is 0 Å². The van der Waals surface area contributed by atoms with Gasteiger partial charge in [-0.15, -0.1) is 0 Å². The zero-order valence-corrected chi connectivity index (χ0v) is 16.0. The maximum atomic E-state index is 12.6. The average molecular weight is 376 g/mol. The molecule has 0 saturated heterocycles. The van der Waals surface area contributed by atoms with Gasteiger partial charge in [0.15, 0.2) is 5.16 Å². The standard InChI is InChI=1S/C21H20N4OS/c1-3-25-18-8-5-4-7-16(18)17-13-15(9-10-19(17)25)24-20(26)14(2)27-21-22-11-6-12-23-21/h4-14H,3H2,1-2H3,(H,24,26)/t14-/m1/s1. The lowest BCUT2D eigenvalue weighted by Crippen LogP contribution is -2.22. The van der Waals surface area contributed by atoms with Crippen LogP contribution in [0, 0.1) is 0 Å². The van der Waals surface area contributed by atoms with E-state index in [0.29, 0.717) is 5.16 Å². The number of nitrogens with one attached hydrogen (secondary N) is 1. The summed E-state index contributed by atoms with van der Waals surface area (Å²) in [5.74, 6) is -0.0639. The maximum absolute atomic E-state index is 12.6. The van der Waals surface area contributed by atoms with Crippen molar-refractivity contribution >= 4 is 45.2 Å². The van der Waals surface area contributed by atoms with Crippen LogP contribution in [0.25, 0.3) is 21.8 Å². The van der Waals surface area contributed by atoms with Gasteiger partial charge < -0.3 is 9.88 Å². The quantitative estimate of drug-likeness (QED) is 0.404. The Morgan fingerprint density at radius 2 is 1.81 bits per heavy atom. The molecule has 1 amide bonds. The molecule has 4 aromatic rings. The molecule has 2 aromatic carbocycles. The number of anilines is 1. The Morgan fingerprint density at radius 3 is 2.59 bits per heavy atom. The van der Waals surface area contributed by atoms with Crippen molar-refractivity contribution in [2.24, 2.45) is 0 Å². The van der Waals surface area contributed by atoms with Gasteiger partial charge in [-0.05, 0) is 44.2 Å². The number of nitrogens with zero attached hydrogens (tertiary/aromatic N) is 3. The van der Waals surface area contributed by atoms with Crippen LogP contribution < -0.4 is 5.32 Å². The smallest absolute Gasteiger partial charge is 0.237 e. The van der Waals surface area contributed by atoms with Gasteiger partial charge in [-0.3, -0.25) is 4.79 Å². The Bertz CT molecular complexity index is 1110. The maximum Gasteiger partial charge on any atom is 0.237 e. The highest BCUT2D eigenvalue weighted by Crippen LogP contribution is 2.31. The number of carbonyl (C=O) groups excluding carboxylic acids is 1. The van der Waals surface area contributed by atoms with Crippen molar-refractivity contribution in [3.8, 4) is 0 Å². The highest BCUT2D eigenvalue weighted by molar-refractivity contribution is 8.00. The van der Waals surface area contributed by atoms with Gasteiger partial charge in [0, 0.05) is 46.4 Å². The van der Waals surface area contributed by atoms with Gasteiger partial charge in [-0.2, -0.15) is 0 Å². The number of thioether (sulfide) groups is 1. The highest BCUT2D eigenvalue weighted by Gasteiger charge is 2.17. The summed E-state index contributed by atoms with van der Waals surface area (Å²) in [7, 11) is 0. The Balaban J connectivity index is 1.61. The van der Waals surface area contributed by atoms with Crippen molar-refractivity contribution in [3.63, 3.8) is 0 Å². The second-order valence-electron chi connectivity index (χ2n) is 6.27. The third-order valence-electron chi connectivity index (χ3n) is 4.55. The van der Waals surface area contributed by atoms with E-state index in [1.807, 2.05) is 19.1 Å². The SMILES string of the molecule is CCn1c2ccccc2c2cc(NC(=O)[C@@H](C)Sc3ncccn3)ccc21. The molecule has 1 atom stereocenters. The fraction of sp³-hybridized carbons (Fsp3) is 0.190. The zero-order valence-electron chi connectivity index (χ0n) is 15.2. The third-order valence-corrected chi connectivity index (χ3v) is 5.54. The first-order valence-electron chi connectivity index (χ1n) is 8.93. The summed E-state index contributed by atoms with van der Waals surface area (Å²) in [5.41, 5.74) is 3.19. The molecule has 1 N–H and O–H groups in total. The number of carbonyl (C=O) groups is 1. The van der Waals surface area contributed by atoms with Crippen molar-refractivity contribution in [3.05, 3.63) is 60.9 Å². The Kier molecular flexibility index (Phi) is 4.81. The van der Waals surface area contributed by atoms with Crippen LogP contribution >= 0.6 is 11.8 Å². The fourth-order valence-electron chi connectivity index (χ4n) is 3.27. The van der Waals surface area contributed by atoms with Crippen molar-refractivity contribution in [1.29, 1.82) is 0 Å². The average Bonchev–Trinajstić information content (AvgIpc) is 3.02. The third kappa shape index (κ3) is 3.40. The predicted molar refractivity (Wildman–Crippen MR) is 111 cm³/mol. The summed E-state index contributed by atoms with van der Waals surface area (Å²) in [6, 6.07) is 16.2. The number of hydrogen-bond acceptors (Lipinski definition) is 4. The van der Waals surface area contributed by atoms with E-state index in [2.05, 4.69) is 57.1 Å². The van der Waals surface area contributed by atoms with Crippen molar-refractivity contribution < 1.29 is 4.79 Å². The molecule has 6 heteroatoms.